The standard InChI is InChI=1S/C20H28N2O5/c1-14-6-8-15(9-7-14)19(26)22-10-4-5-16(12-22)18(25)21-20(2,13-27-3)11-17(23)24/h6-9,16H,4-5,10-13H2,1-3H3,(H,21,25)(H,23,24). The van der Waals surface area contributed by atoms with Crippen molar-refractivity contribution in [3.63, 3.8) is 0 Å². The summed E-state index contributed by atoms with van der Waals surface area (Å²) in [6, 6.07) is 7.38. The van der Waals surface area contributed by atoms with Crippen LogP contribution in [0.2, 0.25) is 0 Å². The van der Waals surface area contributed by atoms with Crippen molar-refractivity contribution in [2.75, 3.05) is 26.8 Å². The number of aliphatic carboxylic acids is 1. The number of carboxylic acid groups (broad SMARTS) is 1. The second-order valence-electron chi connectivity index (χ2n) is 7.51. The predicted octanol–water partition coefficient (Wildman–Crippen LogP) is 1.84. The van der Waals surface area contributed by atoms with Gasteiger partial charge in [0.15, 0.2) is 0 Å². The molecule has 27 heavy (non-hydrogen) atoms. The lowest BCUT2D eigenvalue weighted by Gasteiger charge is -2.35. The molecule has 2 atom stereocenters. The van der Waals surface area contributed by atoms with Crippen molar-refractivity contribution in [1.29, 1.82) is 0 Å². The fourth-order valence-electron chi connectivity index (χ4n) is 3.44. The molecule has 0 radical (unpaired) electrons. The maximum Gasteiger partial charge on any atom is 0.305 e. The summed E-state index contributed by atoms with van der Waals surface area (Å²) in [5, 5.41) is 11.9. The number of nitrogens with one attached hydrogen (secondary N) is 1. The summed E-state index contributed by atoms with van der Waals surface area (Å²) in [6.45, 7) is 4.66. The Morgan fingerprint density at radius 2 is 1.96 bits per heavy atom. The van der Waals surface area contributed by atoms with Gasteiger partial charge in [-0.1, -0.05) is 17.7 Å². The Morgan fingerprint density at radius 1 is 1.30 bits per heavy atom. The summed E-state index contributed by atoms with van der Waals surface area (Å²) in [4.78, 5) is 38.2. The van der Waals surface area contributed by atoms with Gasteiger partial charge in [-0.05, 0) is 38.8 Å². The van der Waals surface area contributed by atoms with E-state index in [0.717, 1.165) is 12.0 Å². The van der Waals surface area contributed by atoms with Gasteiger partial charge in [0.1, 0.15) is 0 Å². The van der Waals surface area contributed by atoms with Crippen LogP contribution in [0.1, 0.15) is 42.1 Å². The summed E-state index contributed by atoms with van der Waals surface area (Å²) in [5.41, 5.74) is 0.705. The molecule has 0 aromatic heterocycles. The van der Waals surface area contributed by atoms with Gasteiger partial charge in [-0.2, -0.15) is 0 Å². The first kappa shape index (κ1) is 20.9. The molecule has 0 aliphatic carbocycles. The lowest BCUT2D eigenvalue weighted by molar-refractivity contribution is -0.140. The van der Waals surface area contributed by atoms with Crippen LogP contribution in [0.3, 0.4) is 0 Å². The third-order valence-corrected chi connectivity index (χ3v) is 4.81. The molecule has 1 saturated heterocycles. The largest absolute Gasteiger partial charge is 0.481 e. The number of ether oxygens (including phenoxy) is 1. The average molecular weight is 376 g/mol. The molecule has 1 aromatic carbocycles. The highest BCUT2D eigenvalue weighted by Crippen LogP contribution is 2.21. The van der Waals surface area contributed by atoms with Crippen LogP contribution in [-0.2, 0) is 14.3 Å². The number of carbonyl (C=O) groups is 3. The van der Waals surface area contributed by atoms with Gasteiger partial charge in [0.05, 0.1) is 24.5 Å². The molecule has 0 bridgehead atoms. The van der Waals surface area contributed by atoms with Crippen LogP contribution in [0, 0.1) is 12.8 Å². The van der Waals surface area contributed by atoms with Gasteiger partial charge in [-0.25, -0.2) is 0 Å². The number of carboxylic acids is 1. The molecule has 2 rings (SSSR count). The SMILES string of the molecule is COCC(C)(CC(=O)O)NC(=O)C1CCCN(C(=O)c2ccc(C)cc2)C1. The number of aryl methyl sites for hydroxylation is 1. The van der Waals surface area contributed by atoms with E-state index in [4.69, 9.17) is 9.84 Å². The van der Waals surface area contributed by atoms with E-state index in [-0.39, 0.29) is 30.8 Å². The van der Waals surface area contributed by atoms with Crippen LogP contribution in [0.5, 0.6) is 0 Å². The van der Waals surface area contributed by atoms with E-state index in [1.54, 1.807) is 24.0 Å². The van der Waals surface area contributed by atoms with E-state index in [1.165, 1.54) is 7.11 Å². The van der Waals surface area contributed by atoms with Crippen LogP contribution in [0.15, 0.2) is 24.3 Å². The van der Waals surface area contributed by atoms with E-state index >= 15 is 0 Å². The Kier molecular flexibility index (Phi) is 6.96. The Hall–Kier alpha value is -2.41. The predicted molar refractivity (Wildman–Crippen MR) is 100 cm³/mol. The van der Waals surface area contributed by atoms with Gasteiger partial charge in [-0.3, -0.25) is 14.4 Å². The topological polar surface area (TPSA) is 95.9 Å². The monoisotopic (exact) mass is 376 g/mol. The van der Waals surface area contributed by atoms with Crippen molar-refractivity contribution in [3.8, 4) is 0 Å². The zero-order chi connectivity index (χ0) is 20.0. The normalized spacial score (nSPS) is 19.2. The maximum absolute atomic E-state index is 12.7. The van der Waals surface area contributed by atoms with E-state index in [1.807, 2.05) is 19.1 Å². The van der Waals surface area contributed by atoms with Crippen LogP contribution >= 0.6 is 0 Å². The molecule has 2 amide bonds. The average Bonchev–Trinajstić information content (AvgIpc) is 2.61. The minimum atomic E-state index is -1.00. The van der Waals surface area contributed by atoms with E-state index < -0.39 is 11.5 Å². The highest BCUT2D eigenvalue weighted by molar-refractivity contribution is 5.94. The van der Waals surface area contributed by atoms with Crippen LogP contribution in [-0.4, -0.2) is 60.1 Å². The third-order valence-electron chi connectivity index (χ3n) is 4.81. The highest BCUT2D eigenvalue weighted by Gasteiger charge is 2.35. The number of methoxy groups -OCH3 is 1. The van der Waals surface area contributed by atoms with Crippen molar-refractivity contribution in [2.24, 2.45) is 5.92 Å². The summed E-state index contributed by atoms with van der Waals surface area (Å²) >= 11 is 0. The van der Waals surface area contributed by atoms with Crippen molar-refractivity contribution in [2.45, 2.75) is 38.6 Å². The van der Waals surface area contributed by atoms with Crippen molar-refractivity contribution in [1.82, 2.24) is 10.2 Å². The van der Waals surface area contributed by atoms with Crippen LogP contribution in [0.25, 0.3) is 0 Å². The highest BCUT2D eigenvalue weighted by atomic mass is 16.5. The summed E-state index contributed by atoms with van der Waals surface area (Å²) < 4.78 is 5.08. The van der Waals surface area contributed by atoms with Crippen molar-refractivity contribution >= 4 is 17.8 Å². The quantitative estimate of drug-likeness (QED) is 0.757. The number of benzene rings is 1. The second kappa shape index (κ2) is 8.99. The minimum Gasteiger partial charge on any atom is -0.481 e. The second-order valence-corrected chi connectivity index (χ2v) is 7.51. The lowest BCUT2D eigenvalue weighted by Crippen LogP contribution is -2.55. The van der Waals surface area contributed by atoms with Gasteiger partial charge in [0, 0.05) is 25.8 Å². The number of nitrogens with zero attached hydrogens (tertiary/aromatic N) is 1. The van der Waals surface area contributed by atoms with Gasteiger partial charge in [0.2, 0.25) is 5.91 Å². The van der Waals surface area contributed by atoms with Crippen molar-refractivity contribution in [3.05, 3.63) is 35.4 Å². The number of piperidine rings is 1. The number of hydrogen-bond donors (Lipinski definition) is 2. The molecule has 1 heterocycles. The van der Waals surface area contributed by atoms with Gasteiger partial charge in [0.25, 0.3) is 5.91 Å². The minimum absolute atomic E-state index is 0.0855. The first-order valence-electron chi connectivity index (χ1n) is 9.13. The molecule has 7 heteroatoms. The zero-order valence-corrected chi connectivity index (χ0v) is 16.2. The van der Waals surface area contributed by atoms with Gasteiger partial charge in [-0.15, -0.1) is 0 Å². The summed E-state index contributed by atoms with van der Waals surface area (Å²) in [6.07, 6.45) is 1.17. The van der Waals surface area contributed by atoms with Crippen LogP contribution < -0.4 is 5.32 Å². The molecule has 2 unspecified atom stereocenters. The molecule has 1 fully saturated rings. The number of likely N-dealkylation sites (tertiary alicyclic amines) is 1. The molecular formula is C20H28N2O5. The Morgan fingerprint density at radius 3 is 2.56 bits per heavy atom. The van der Waals surface area contributed by atoms with Crippen LogP contribution in [0.4, 0.5) is 0 Å². The molecule has 1 aliphatic heterocycles. The van der Waals surface area contributed by atoms with E-state index in [2.05, 4.69) is 5.32 Å². The summed E-state index contributed by atoms with van der Waals surface area (Å²) in [7, 11) is 1.47. The Labute approximate surface area is 159 Å². The molecule has 148 valence electrons. The molecule has 0 spiro atoms. The third kappa shape index (κ3) is 5.79. The maximum atomic E-state index is 12.7. The first-order chi connectivity index (χ1) is 12.7. The fourth-order valence-corrected chi connectivity index (χ4v) is 3.44. The van der Waals surface area contributed by atoms with E-state index in [9.17, 15) is 14.4 Å². The van der Waals surface area contributed by atoms with Crippen molar-refractivity contribution < 1.29 is 24.2 Å². The summed E-state index contributed by atoms with van der Waals surface area (Å²) in [5.74, 6) is -1.69. The van der Waals surface area contributed by atoms with Gasteiger partial charge < -0.3 is 20.1 Å². The Bertz CT molecular complexity index is 688. The molecule has 1 aliphatic rings. The first-order valence-corrected chi connectivity index (χ1v) is 9.13. The Balaban J connectivity index is 2.03. The fraction of sp³-hybridized carbons (Fsp3) is 0.550. The number of hydrogen-bond acceptors (Lipinski definition) is 4. The molecule has 1 aromatic rings. The molecule has 0 saturated carbocycles. The number of carbonyl (C=O) groups excluding carboxylic acids is 2. The molecular weight excluding hydrogens is 348 g/mol. The molecule has 2 N–H and O–H groups in total. The number of rotatable bonds is 7. The zero-order valence-electron chi connectivity index (χ0n) is 16.2. The molecule has 7 nitrogen and oxygen atoms in total. The van der Waals surface area contributed by atoms with E-state index in [0.29, 0.717) is 25.1 Å². The van der Waals surface area contributed by atoms with Gasteiger partial charge >= 0.3 is 5.97 Å². The smallest absolute Gasteiger partial charge is 0.305 e. The number of amides is 2. The lowest BCUT2D eigenvalue weighted by atomic mass is 9.93.